The molecule has 0 bridgehead atoms. The van der Waals surface area contributed by atoms with Crippen molar-refractivity contribution in [3.8, 4) is 5.75 Å². The van der Waals surface area contributed by atoms with E-state index in [1.165, 1.54) is 5.56 Å². The molecule has 0 radical (unpaired) electrons. The summed E-state index contributed by atoms with van der Waals surface area (Å²) in [5.41, 5.74) is 3.52. The van der Waals surface area contributed by atoms with Crippen LogP contribution >= 0.6 is 0 Å². The highest BCUT2D eigenvalue weighted by molar-refractivity contribution is 6.46. The van der Waals surface area contributed by atoms with Crippen molar-refractivity contribution in [2.24, 2.45) is 0 Å². The number of nitrogens with zero attached hydrogens (tertiary/aromatic N) is 2. The molecule has 1 heterocycles. The number of ketones is 1. The monoisotopic (exact) mass is 492 g/mol. The fourth-order valence-corrected chi connectivity index (χ4v) is 4.62. The number of aryl methyl sites for hydroxylation is 2. The Hall–Kier alpha value is -3.12. The van der Waals surface area contributed by atoms with E-state index in [0.717, 1.165) is 49.2 Å². The van der Waals surface area contributed by atoms with Gasteiger partial charge in [0.1, 0.15) is 11.5 Å². The number of likely N-dealkylation sites (N-methyl/N-ethyl adjacent to an activating group) is 1. The summed E-state index contributed by atoms with van der Waals surface area (Å²) in [6, 6.07) is 12.7. The summed E-state index contributed by atoms with van der Waals surface area (Å²) >= 11 is 0. The number of likely N-dealkylation sites (tertiary alicyclic amines) is 1. The largest absolute Gasteiger partial charge is 0.507 e. The second-order valence-electron chi connectivity index (χ2n) is 9.30. The van der Waals surface area contributed by atoms with Crippen molar-refractivity contribution in [1.82, 2.24) is 9.80 Å². The number of Topliss-reactive ketones (excluding diaryl/α,β-unsaturated/α-hetero) is 1. The highest BCUT2D eigenvalue weighted by atomic mass is 16.5. The number of rotatable bonds is 12. The number of ether oxygens (including phenoxy) is 1. The molecule has 194 valence electrons. The van der Waals surface area contributed by atoms with Gasteiger partial charge in [0.25, 0.3) is 11.7 Å². The maximum absolute atomic E-state index is 13.3. The van der Waals surface area contributed by atoms with E-state index in [9.17, 15) is 14.7 Å². The Morgan fingerprint density at radius 3 is 2.31 bits per heavy atom. The summed E-state index contributed by atoms with van der Waals surface area (Å²) in [4.78, 5) is 30.3. The standard InChI is InChI=1S/C30H40N2O4/c1-6-10-19-36-25-16-15-24(20-21(25)5)28(33)26-27(23-13-11-22(7-2)12-14-23)32(30(35)29(26)34)18-17-31(8-3)9-4/h11-16,20,27,33H,6-10,17-19H2,1-5H3/t27-/m0/s1. The van der Waals surface area contributed by atoms with E-state index in [4.69, 9.17) is 4.74 Å². The molecule has 1 aliphatic heterocycles. The zero-order valence-corrected chi connectivity index (χ0v) is 22.3. The summed E-state index contributed by atoms with van der Waals surface area (Å²) in [6.45, 7) is 13.7. The summed E-state index contributed by atoms with van der Waals surface area (Å²) in [6.07, 6.45) is 2.91. The molecule has 1 amide bonds. The minimum Gasteiger partial charge on any atom is -0.507 e. The van der Waals surface area contributed by atoms with Gasteiger partial charge in [-0.1, -0.05) is 58.4 Å². The van der Waals surface area contributed by atoms with Gasteiger partial charge in [-0.05, 0) is 67.7 Å². The number of carbonyl (C=O) groups is 2. The van der Waals surface area contributed by atoms with Crippen molar-refractivity contribution in [3.05, 3.63) is 70.3 Å². The maximum Gasteiger partial charge on any atom is 0.295 e. The molecule has 6 heteroatoms. The van der Waals surface area contributed by atoms with Crippen LogP contribution in [-0.4, -0.2) is 59.4 Å². The van der Waals surface area contributed by atoms with E-state index >= 15 is 0 Å². The number of hydrogen-bond donors (Lipinski definition) is 1. The molecule has 0 spiro atoms. The number of aliphatic hydroxyl groups is 1. The lowest BCUT2D eigenvalue weighted by Crippen LogP contribution is -2.38. The van der Waals surface area contributed by atoms with Crippen molar-refractivity contribution in [3.63, 3.8) is 0 Å². The number of carbonyl (C=O) groups excluding carboxylic acids is 2. The van der Waals surface area contributed by atoms with Gasteiger partial charge in [0, 0.05) is 18.7 Å². The summed E-state index contributed by atoms with van der Waals surface area (Å²) < 4.78 is 5.85. The summed E-state index contributed by atoms with van der Waals surface area (Å²) in [7, 11) is 0. The van der Waals surface area contributed by atoms with Gasteiger partial charge in [-0.3, -0.25) is 9.59 Å². The maximum atomic E-state index is 13.3. The molecule has 0 saturated carbocycles. The third kappa shape index (κ3) is 5.98. The average Bonchev–Trinajstić information content (AvgIpc) is 3.15. The third-order valence-corrected chi connectivity index (χ3v) is 7.00. The first-order valence-corrected chi connectivity index (χ1v) is 13.2. The van der Waals surface area contributed by atoms with Crippen molar-refractivity contribution < 1.29 is 19.4 Å². The molecule has 1 atom stereocenters. The SMILES string of the molecule is CCCCOc1ccc(C(O)=C2C(=O)C(=O)N(CCN(CC)CC)[C@H]2c2ccc(CC)cc2)cc1C. The molecule has 1 fully saturated rings. The Balaban J connectivity index is 2.04. The zero-order chi connectivity index (χ0) is 26.2. The predicted octanol–water partition coefficient (Wildman–Crippen LogP) is 5.50. The number of amides is 1. The number of benzene rings is 2. The van der Waals surface area contributed by atoms with Crippen LogP contribution in [0.4, 0.5) is 0 Å². The van der Waals surface area contributed by atoms with Gasteiger partial charge in [0.15, 0.2) is 0 Å². The topological polar surface area (TPSA) is 70.1 Å². The molecule has 0 unspecified atom stereocenters. The van der Waals surface area contributed by atoms with Gasteiger partial charge >= 0.3 is 0 Å². The van der Waals surface area contributed by atoms with Crippen molar-refractivity contribution >= 4 is 17.4 Å². The molecule has 1 saturated heterocycles. The lowest BCUT2D eigenvalue weighted by Gasteiger charge is -2.28. The van der Waals surface area contributed by atoms with E-state index in [1.807, 2.05) is 43.3 Å². The van der Waals surface area contributed by atoms with Crippen LogP contribution in [-0.2, 0) is 16.0 Å². The second-order valence-corrected chi connectivity index (χ2v) is 9.30. The van der Waals surface area contributed by atoms with E-state index in [0.29, 0.717) is 25.3 Å². The molecule has 1 aliphatic rings. The average molecular weight is 493 g/mol. The fourth-order valence-electron chi connectivity index (χ4n) is 4.62. The quantitative estimate of drug-likeness (QED) is 0.183. The number of hydrogen-bond acceptors (Lipinski definition) is 5. The van der Waals surface area contributed by atoms with Crippen LogP contribution < -0.4 is 4.74 Å². The predicted molar refractivity (Wildman–Crippen MR) is 144 cm³/mol. The van der Waals surface area contributed by atoms with Gasteiger partial charge in [0.05, 0.1) is 18.2 Å². The molecular weight excluding hydrogens is 452 g/mol. The molecule has 36 heavy (non-hydrogen) atoms. The van der Waals surface area contributed by atoms with Crippen LogP contribution in [0.5, 0.6) is 5.75 Å². The minimum atomic E-state index is -0.641. The molecule has 6 nitrogen and oxygen atoms in total. The first-order valence-electron chi connectivity index (χ1n) is 13.2. The molecule has 1 N–H and O–H groups in total. The Bertz CT molecular complexity index is 1090. The lowest BCUT2D eigenvalue weighted by atomic mass is 9.94. The van der Waals surface area contributed by atoms with Crippen molar-refractivity contribution in [2.45, 2.75) is 59.9 Å². The van der Waals surface area contributed by atoms with Crippen LogP contribution in [0.25, 0.3) is 5.76 Å². The van der Waals surface area contributed by atoms with E-state index < -0.39 is 17.7 Å². The summed E-state index contributed by atoms with van der Waals surface area (Å²) in [5.74, 6) is -0.597. The highest BCUT2D eigenvalue weighted by Gasteiger charge is 2.46. The van der Waals surface area contributed by atoms with Gasteiger partial charge < -0.3 is 19.6 Å². The van der Waals surface area contributed by atoms with Crippen molar-refractivity contribution in [2.75, 3.05) is 32.8 Å². The second kappa shape index (κ2) is 12.7. The Morgan fingerprint density at radius 2 is 1.72 bits per heavy atom. The minimum absolute atomic E-state index is 0.142. The molecule has 0 aromatic heterocycles. The van der Waals surface area contributed by atoms with Gasteiger partial charge in [-0.15, -0.1) is 0 Å². The molecule has 3 rings (SSSR count). The van der Waals surface area contributed by atoms with Crippen molar-refractivity contribution in [1.29, 1.82) is 0 Å². The van der Waals surface area contributed by atoms with Crippen LogP contribution in [0.3, 0.4) is 0 Å². The van der Waals surface area contributed by atoms with Crippen LogP contribution in [0.1, 0.15) is 68.8 Å². The highest BCUT2D eigenvalue weighted by Crippen LogP contribution is 2.39. The molecule has 2 aromatic rings. The fraction of sp³-hybridized carbons (Fsp3) is 0.467. The van der Waals surface area contributed by atoms with Gasteiger partial charge in [-0.25, -0.2) is 0 Å². The number of unbranched alkanes of at least 4 members (excludes halogenated alkanes) is 1. The number of aliphatic hydroxyl groups excluding tert-OH is 1. The van der Waals surface area contributed by atoms with Gasteiger partial charge in [0.2, 0.25) is 0 Å². The van der Waals surface area contributed by atoms with Gasteiger partial charge in [-0.2, -0.15) is 0 Å². The van der Waals surface area contributed by atoms with Crippen LogP contribution in [0.2, 0.25) is 0 Å². The van der Waals surface area contributed by atoms with E-state index in [-0.39, 0.29) is 11.3 Å². The van der Waals surface area contributed by atoms with Crippen LogP contribution in [0.15, 0.2) is 48.0 Å². The van der Waals surface area contributed by atoms with Crippen LogP contribution in [0, 0.1) is 6.92 Å². The van der Waals surface area contributed by atoms with E-state index in [2.05, 4.69) is 32.6 Å². The Morgan fingerprint density at radius 1 is 1.03 bits per heavy atom. The molecular formula is C30H40N2O4. The first kappa shape index (κ1) is 27.5. The lowest BCUT2D eigenvalue weighted by molar-refractivity contribution is -0.140. The zero-order valence-electron chi connectivity index (χ0n) is 22.3. The Labute approximate surface area is 215 Å². The summed E-state index contributed by atoms with van der Waals surface area (Å²) in [5, 5.41) is 11.4. The smallest absolute Gasteiger partial charge is 0.295 e. The molecule has 2 aromatic carbocycles. The third-order valence-electron chi connectivity index (χ3n) is 7.00. The van der Waals surface area contributed by atoms with E-state index in [1.54, 1.807) is 11.0 Å². The molecule has 0 aliphatic carbocycles. The normalized spacial score (nSPS) is 17.3. The Kier molecular flexibility index (Phi) is 9.71. The first-order chi connectivity index (χ1) is 17.4.